The largest absolute Gasteiger partial charge is 0.486 e. The van der Waals surface area contributed by atoms with Crippen LogP contribution in [0.1, 0.15) is 39.0 Å². The van der Waals surface area contributed by atoms with E-state index in [0.717, 1.165) is 57.2 Å². The van der Waals surface area contributed by atoms with Crippen LogP contribution in [0.15, 0.2) is 24.3 Å². The van der Waals surface area contributed by atoms with Gasteiger partial charge in [0.25, 0.3) is 0 Å². The molecule has 4 rings (SSSR count). The number of benzene rings is 1. The number of hydrogen-bond donors (Lipinski definition) is 0. The molecule has 0 spiro atoms. The van der Waals surface area contributed by atoms with Crippen LogP contribution in [-0.4, -0.2) is 70.0 Å². The third kappa shape index (κ3) is 6.07. The Kier molecular flexibility index (Phi) is 7.29. The number of ether oxygens (including phenoxy) is 5. The number of fused-ring (bicyclic) bond motifs is 1. The minimum Gasteiger partial charge on any atom is -0.486 e. The molecule has 1 aromatic rings. The summed E-state index contributed by atoms with van der Waals surface area (Å²) in [4.78, 5) is 2.50. The molecular weight excluding hydrogens is 370 g/mol. The molecule has 0 N–H and O–H groups in total. The molecule has 0 amide bonds. The highest BCUT2D eigenvalue weighted by Crippen LogP contribution is 2.33. The Bertz CT molecular complexity index is 635. The summed E-state index contributed by atoms with van der Waals surface area (Å²) in [5.74, 6) is 1.70. The van der Waals surface area contributed by atoms with Crippen molar-refractivity contribution in [2.24, 2.45) is 5.41 Å². The zero-order chi connectivity index (χ0) is 19.9. The Morgan fingerprint density at radius 1 is 1.14 bits per heavy atom. The molecule has 3 heterocycles. The molecule has 0 aromatic heterocycles. The molecule has 3 aliphatic heterocycles. The maximum absolute atomic E-state index is 6.15. The lowest BCUT2D eigenvalue weighted by Gasteiger charge is -2.42. The van der Waals surface area contributed by atoms with Gasteiger partial charge in [-0.1, -0.05) is 19.1 Å². The van der Waals surface area contributed by atoms with Crippen molar-refractivity contribution in [1.82, 2.24) is 4.90 Å². The smallest absolute Gasteiger partial charge is 0.161 e. The Hall–Kier alpha value is -1.34. The fourth-order valence-corrected chi connectivity index (χ4v) is 4.54. The molecule has 6 heteroatoms. The van der Waals surface area contributed by atoms with Crippen LogP contribution < -0.4 is 9.47 Å². The van der Waals surface area contributed by atoms with Gasteiger partial charge in [0.1, 0.15) is 12.7 Å². The van der Waals surface area contributed by atoms with Crippen molar-refractivity contribution in [3.63, 3.8) is 0 Å². The summed E-state index contributed by atoms with van der Waals surface area (Å²) < 4.78 is 29.4. The van der Waals surface area contributed by atoms with E-state index in [1.807, 2.05) is 24.3 Å². The van der Waals surface area contributed by atoms with Crippen LogP contribution in [0.3, 0.4) is 0 Å². The van der Waals surface area contributed by atoms with E-state index in [2.05, 4.69) is 11.8 Å². The molecule has 2 fully saturated rings. The van der Waals surface area contributed by atoms with Gasteiger partial charge in [-0.2, -0.15) is 0 Å². The van der Waals surface area contributed by atoms with E-state index in [1.165, 1.54) is 19.3 Å². The van der Waals surface area contributed by atoms with Crippen molar-refractivity contribution in [3.8, 4) is 11.5 Å². The predicted octanol–water partition coefficient (Wildman–Crippen LogP) is 3.49. The molecular formula is C23H35NO5. The van der Waals surface area contributed by atoms with E-state index in [-0.39, 0.29) is 17.8 Å². The monoisotopic (exact) mass is 405 g/mol. The summed E-state index contributed by atoms with van der Waals surface area (Å²) in [5, 5.41) is 0. The van der Waals surface area contributed by atoms with Crippen molar-refractivity contribution in [2.45, 2.75) is 51.4 Å². The van der Waals surface area contributed by atoms with E-state index in [9.17, 15) is 0 Å². The second kappa shape index (κ2) is 10.1. The molecule has 0 aliphatic carbocycles. The van der Waals surface area contributed by atoms with Crippen LogP contribution in [0.2, 0.25) is 0 Å². The third-order valence-corrected chi connectivity index (χ3v) is 6.01. The number of piperidine rings is 1. The number of hydrogen-bond acceptors (Lipinski definition) is 6. The van der Waals surface area contributed by atoms with Crippen molar-refractivity contribution in [2.75, 3.05) is 52.7 Å². The van der Waals surface area contributed by atoms with Crippen molar-refractivity contribution < 1.29 is 23.7 Å². The number of nitrogens with zero attached hydrogens (tertiary/aromatic N) is 1. The molecule has 162 valence electrons. The molecule has 0 bridgehead atoms. The minimum absolute atomic E-state index is 0.0315. The lowest BCUT2D eigenvalue weighted by Crippen LogP contribution is -2.49. The average Bonchev–Trinajstić information content (AvgIpc) is 2.74. The van der Waals surface area contributed by atoms with Gasteiger partial charge in [-0.25, -0.2) is 0 Å². The van der Waals surface area contributed by atoms with Gasteiger partial charge in [-0.3, -0.25) is 4.90 Å². The fraction of sp³-hybridized carbons (Fsp3) is 0.739. The van der Waals surface area contributed by atoms with Gasteiger partial charge >= 0.3 is 0 Å². The third-order valence-electron chi connectivity index (χ3n) is 6.01. The SMILES string of the molecule is CC1(COCCO[C@H]2CCCCO2)CCCN(C[C@H]2COc3ccccc3O2)C1. The zero-order valence-electron chi connectivity index (χ0n) is 17.6. The molecule has 3 atom stereocenters. The molecule has 29 heavy (non-hydrogen) atoms. The Morgan fingerprint density at radius 3 is 2.90 bits per heavy atom. The number of para-hydroxylation sites is 2. The maximum Gasteiger partial charge on any atom is 0.161 e. The van der Waals surface area contributed by atoms with E-state index in [4.69, 9.17) is 23.7 Å². The normalized spacial score (nSPS) is 30.2. The van der Waals surface area contributed by atoms with E-state index in [1.54, 1.807) is 0 Å². The summed E-state index contributed by atoms with van der Waals surface area (Å²) in [6.07, 6.45) is 5.78. The van der Waals surface area contributed by atoms with Gasteiger partial charge < -0.3 is 23.7 Å². The lowest BCUT2D eigenvalue weighted by atomic mass is 9.82. The van der Waals surface area contributed by atoms with Crippen LogP contribution in [0.5, 0.6) is 11.5 Å². The summed E-state index contributed by atoms with van der Waals surface area (Å²) in [6, 6.07) is 7.91. The van der Waals surface area contributed by atoms with Gasteiger partial charge in [-0.05, 0) is 50.8 Å². The molecule has 1 aromatic carbocycles. The standard InChI is InChI=1S/C23H35NO5/c1-23(18-25-13-14-27-22-9-4-5-12-26-22)10-6-11-24(17-23)15-19-16-28-20-7-2-3-8-21(20)29-19/h2-3,7-8,19,22H,4-6,9-18H2,1H3/t19-,22-,23?/m0/s1. The van der Waals surface area contributed by atoms with Crippen LogP contribution in [0.4, 0.5) is 0 Å². The Balaban J connectivity index is 1.16. The van der Waals surface area contributed by atoms with Gasteiger partial charge in [0.05, 0.1) is 19.8 Å². The van der Waals surface area contributed by atoms with Crippen molar-refractivity contribution >= 4 is 0 Å². The van der Waals surface area contributed by atoms with Crippen LogP contribution in [0.25, 0.3) is 0 Å². The highest BCUT2D eigenvalue weighted by Gasteiger charge is 2.33. The van der Waals surface area contributed by atoms with Crippen LogP contribution in [0, 0.1) is 5.41 Å². The van der Waals surface area contributed by atoms with Crippen LogP contribution >= 0.6 is 0 Å². The molecule has 1 unspecified atom stereocenters. The quantitative estimate of drug-likeness (QED) is 0.617. The molecule has 3 aliphatic rings. The summed E-state index contributed by atoms with van der Waals surface area (Å²) in [5.41, 5.74) is 0.174. The zero-order valence-corrected chi connectivity index (χ0v) is 17.6. The average molecular weight is 406 g/mol. The second-order valence-electron chi connectivity index (χ2n) is 8.87. The van der Waals surface area contributed by atoms with Gasteiger partial charge in [0.2, 0.25) is 0 Å². The van der Waals surface area contributed by atoms with E-state index in [0.29, 0.717) is 19.8 Å². The second-order valence-corrected chi connectivity index (χ2v) is 8.87. The van der Waals surface area contributed by atoms with Gasteiger partial charge in [-0.15, -0.1) is 0 Å². The first-order valence-electron chi connectivity index (χ1n) is 11.1. The van der Waals surface area contributed by atoms with Gasteiger partial charge in [0, 0.05) is 25.1 Å². The maximum atomic E-state index is 6.15. The molecule has 0 radical (unpaired) electrons. The van der Waals surface area contributed by atoms with E-state index >= 15 is 0 Å². The molecule has 2 saturated heterocycles. The Labute approximate surface area is 174 Å². The summed E-state index contributed by atoms with van der Waals surface area (Å²) in [6.45, 7) is 8.80. The fourth-order valence-electron chi connectivity index (χ4n) is 4.54. The number of likely N-dealkylation sites (tertiary alicyclic amines) is 1. The minimum atomic E-state index is -0.0315. The summed E-state index contributed by atoms with van der Waals surface area (Å²) in [7, 11) is 0. The Morgan fingerprint density at radius 2 is 2.03 bits per heavy atom. The molecule has 6 nitrogen and oxygen atoms in total. The van der Waals surface area contributed by atoms with Crippen molar-refractivity contribution in [1.29, 1.82) is 0 Å². The van der Waals surface area contributed by atoms with Crippen LogP contribution in [-0.2, 0) is 14.2 Å². The van der Waals surface area contributed by atoms with E-state index < -0.39 is 0 Å². The first-order chi connectivity index (χ1) is 14.2. The number of rotatable bonds is 8. The van der Waals surface area contributed by atoms with Crippen molar-refractivity contribution in [3.05, 3.63) is 24.3 Å². The summed E-state index contributed by atoms with van der Waals surface area (Å²) >= 11 is 0. The van der Waals surface area contributed by atoms with Gasteiger partial charge in [0.15, 0.2) is 17.8 Å². The first-order valence-corrected chi connectivity index (χ1v) is 11.1. The first kappa shape index (κ1) is 20.9. The highest BCUT2D eigenvalue weighted by molar-refractivity contribution is 5.40. The predicted molar refractivity (Wildman–Crippen MR) is 110 cm³/mol. The highest BCUT2D eigenvalue weighted by atomic mass is 16.7. The molecule has 0 saturated carbocycles. The lowest BCUT2D eigenvalue weighted by molar-refractivity contribution is -0.170. The topological polar surface area (TPSA) is 49.4 Å².